The van der Waals surface area contributed by atoms with Crippen LogP contribution in [-0.4, -0.2) is 0 Å². The Hall–Kier alpha value is -0.900. The van der Waals surface area contributed by atoms with Crippen molar-refractivity contribution in [2.75, 3.05) is 4.84 Å². The number of hydrogen-bond acceptors (Lipinski definition) is 1. The first kappa shape index (κ1) is 10.2. The lowest BCUT2D eigenvalue weighted by Crippen LogP contribution is -2.07. The van der Waals surface area contributed by atoms with Crippen molar-refractivity contribution in [3.8, 4) is 0 Å². The smallest absolute Gasteiger partial charge is 0.299 e. The van der Waals surface area contributed by atoms with Gasteiger partial charge in [0.2, 0.25) is 0 Å². The number of halogens is 4. The first-order valence-corrected chi connectivity index (χ1v) is 3.87. The van der Waals surface area contributed by atoms with E-state index < -0.39 is 11.7 Å². The maximum Gasteiger partial charge on any atom is 0.416 e. The van der Waals surface area contributed by atoms with Crippen LogP contribution >= 0.6 is 11.8 Å². The summed E-state index contributed by atoms with van der Waals surface area (Å²) in [5.41, 5.74) is -0.249. The minimum absolute atomic E-state index is 0.183. The summed E-state index contributed by atoms with van der Waals surface area (Å²) in [6.07, 6.45) is -4.33. The van der Waals surface area contributed by atoms with Crippen LogP contribution < -0.4 is 4.84 Å². The summed E-state index contributed by atoms with van der Waals surface area (Å²) in [7, 11) is 0. The molecule has 13 heavy (non-hydrogen) atoms. The van der Waals surface area contributed by atoms with Gasteiger partial charge in [0.05, 0.1) is 5.56 Å². The second-order valence-corrected chi connectivity index (χ2v) is 2.81. The standard InChI is InChI=1S/C8H7ClF3N/c1-5-2-3-6(13-9)4-7(5)8(10,11)12/h2-4,13H,1H3. The van der Waals surface area contributed by atoms with Crippen molar-refractivity contribution in [2.45, 2.75) is 13.1 Å². The number of benzene rings is 1. The second kappa shape index (κ2) is 3.46. The van der Waals surface area contributed by atoms with Crippen LogP contribution in [0.25, 0.3) is 0 Å². The zero-order valence-corrected chi connectivity index (χ0v) is 7.50. The van der Waals surface area contributed by atoms with Crippen molar-refractivity contribution in [3.63, 3.8) is 0 Å². The summed E-state index contributed by atoms with van der Waals surface area (Å²) >= 11 is 5.18. The van der Waals surface area contributed by atoms with Crippen LogP contribution in [-0.2, 0) is 6.18 Å². The van der Waals surface area contributed by atoms with Crippen LogP contribution in [0.1, 0.15) is 11.1 Å². The van der Waals surface area contributed by atoms with E-state index in [2.05, 4.69) is 4.84 Å². The summed E-state index contributed by atoms with van der Waals surface area (Å²) in [4.78, 5) is 2.14. The molecule has 0 amide bonds. The van der Waals surface area contributed by atoms with Gasteiger partial charge in [-0.15, -0.1) is 0 Å². The molecule has 0 aliphatic heterocycles. The Morgan fingerprint density at radius 1 is 1.31 bits per heavy atom. The van der Waals surface area contributed by atoms with Crippen LogP contribution in [0.3, 0.4) is 0 Å². The number of hydrogen-bond donors (Lipinski definition) is 1. The predicted molar refractivity (Wildman–Crippen MR) is 45.7 cm³/mol. The zero-order valence-electron chi connectivity index (χ0n) is 6.74. The molecule has 0 aliphatic rings. The van der Waals surface area contributed by atoms with Crippen molar-refractivity contribution in [2.24, 2.45) is 0 Å². The summed E-state index contributed by atoms with van der Waals surface area (Å²) < 4.78 is 36.9. The fraction of sp³-hybridized carbons (Fsp3) is 0.250. The van der Waals surface area contributed by atoms with Gasteiger partial charge in [-0.2, -0.15) is 13.2 Å². The molecular formula is C8H7ClF3N. The maximum atomic E-state index is 12.3. The molecule has 0 radical (unpaired) electrons. The Labute approximate surface area is 78.6 Å². The molecule has 0 saturated heterocycles. The van der Waals surface area contributed by atoms with Gasteiger partial charge in [-0.1, -0.05) is 6.07 Å². The molecule has 0 heterocycles. The van der Waals surface area contributed by atoms with Gasteiger partial charge in [0, 0.05) is 17.5 Å². The van der Waals surface area contributed by atoms with Crippen molar-refractivity contribution in [1.29, 1.82) is 0 Å². The minimum Gasteiger partial charge on any atom is -0.299 e. The fourth-order valence-electron chi connectivity index (χ4n) is 0.986. The normalized spacial score (nSPS) is 11.5. The van der Waals surface area contributed by atoms with E-state index >= 15 is 0 Å². The average Bonchev–Trinajstić information content (AvgIpc) is 2.03. The Balaban J connectivity index is 3.19. The second-order valence-electron chi connectivity index (χ2n) is 2.62. The molecule has 0 aromatic heterocycles. The molecule has 1 nitrogen and oxygen atoms in total. The van der Waals surface area contributed by atoms with E-state index in [9.17, 15) is 13.2 Å². The third-order valence-electron chi connectivity index (χ3n) is 1.65. The molecule has 1 rings (SSSR count). The van der Waals surface area contributed by atoms with Crippen molar-refractivity contribution >= 4 is 17.5 Å². The lowest BCUT2D eigenvalue weighted by molar-refractivity contribution is -0.138. The molecule has 1 aromatic carbocycles. The zero-order chi connectivity index (χ0) is 10.1. The van der Waals surface area contributed by atoms with Crippen molar-refractivity contribution in [1.82, 2.24) is 0 Å². The SMILES string of the molecule is Cc1ccc(NCl)cc1C(F)(F)F. The van der Waals surface area contributed by atoms with Crippen LogP contribution in [0.2, 0.25) is 0 Å². The number of anilines is 1. The number of rotatable bonds is 1. The summed E-state index contributed by atoms with van der Waals surface area (Å²) in [5.74, 6) is 0. The molecule has 0 saturated carbocycles. The molecule has 1 N–H and O–H groups in total. The maximum absolute atomic E-state index is 12.3. The van der Waals surface area contributed by atoms with Gasteiger partial charge in [-0.25, -0.2) is 0 Å². The lowest BCUT2D eigenvalue weighted by atomic mass is 10.1. The third-order valence-corrected chi connectivity index (χ3v) is 1.87. The molecule has 0 unspecified atom stereocenters. The van der Waals surface area contributed by atoms with E-state index in [0.717, 1.165) is 6.07 Å². The monoisotopic (exact) mass is 209 g/mol. The lowest BCUT2D eigenvalue weighted by Gasteiger charge is -2.10. The third kappa shape index (κ3) is 2.28. The highest BCUT2D eigenvalue weighted by atomic mass is 35.5. The quantitative estimate of drug-likeness (QED) is 0.697. The topological polar surface area (TPSA) is 12.0 Å². The molecule has 0 atom stereocenters. The van der Waals surface area contributed by atoms with E-state index in [1.54, 1.807) is 0 Å². The number of alkyl halides is 3. The molecule has 72 valence electrons. The highest BCUT2D eigenvalue weighted by molar-refractivity contribution is 6.23. The summed E-state index contributed by atoms with van der Waals surface area (Å²) in [5, 5.41) is 0. The summed E-state index contributed by atoms with van der Waals surface area (Å²) in [6.45, 7) is 1.40. The molecule has 0 spiro atoms. The molecule has 0 aliphatic carbocycles. The molecule has 5 heteroatoms. The van der Waals surface area contributed by atoms with Crippen molar-refractivity contribution < 1.29 is 13.2 Å². The van der Waals surface area contributed by atoms with Crippen LogP contribution in [0.15, 0.2) is 18.2 Å². The Kier molecular flexibility index (Phi) is 2.71. The van der Waals surface area contributed by atoms with Gasteiger partial charge in [-0.05, 0) is 24.6 Å². The van der Waals surface area contributed by atoms with Crippen LogP contribution in [0.4, 0.5) is 18.9 Å². The molecule has 0 bridgehead atoms. The molecule has 1 aromatic rings. The van der Waals surface area contributed by atoms with Gasteiger partial charge >= 0.3 is 6.18 Å². The van der Waals surface area contributed by atoms with Gasteiger partial charge in [-0.3, -0.25) is 4.84 Å². The first-order valence-electron chi connectivity index (χ1n) is 3.49. The highest BCUT2D eigenvalue weighted by Gasteiger charge is 2.32. The Morgan fingerprint density at radius 2 is 1.92 bits per heavy atom. The van der Waals surface area contributed by atoms with E-state index in [0.29, 0.717) is 0 Å². The van der Waals surface area contributed by atoms with E-state index in [-0.39, 0.29) is 11.3 Å². The van der Waals surface area contributed by atoms with E-state index in [1.165, 1.54) is 19.1 Å². The highest BCUT2D eigenvalue weighted by Crippen LogP contribution is 2.33. The predicted octanol–water partition coefficient (Wildman–Crippen LogP) is 3.58. The number of aryl methyl sites for hydroxylation is 1. The molecule has 0 fully saturated rings. The van der Waals surface area contributed by atoms with Crippen molar-refractivity contribution in [3.05, 3.63) is 29.3 Å². The van der Waals surface area contributed by atoms with Gasteiger partial charge in [0.15, 0.2) is 0 Å². The van der Waals surface area contributed by atoms with Gasteiger partial charge < -0.3 is 0 Å². The largest absolute Gasteiger partial charge is 0.416 e. The van der Waals surface area contributed by atoms with Gasteiger partial charge in [0.1, 0.15) is 0 Å². The first-order chi connectivity index (χ1) is 5.95. The van der Waals surface area contributed by atoms with E-state index in [4.69, 9.17) is 11.8 Å². The minimum atomic E-state index is -4.33. The van der Waals surface area contributed by atoms with Gasteiger partial charge in [0.25, 0.3) is 0 Å². The Bertz CT molecular complexity index is 309. The van der Waals surface area contributed by atoms with Crippen LogP contribution in [0.5, 0.6) is 0 Å². The average molecular weight is 210 g/mol. The van der Waals surface area contributed by atoms with E-state index in [1.807, 2.05) is 0 Å². The molecular weight excluding hydrogens is 203 g/mol. The number of nitrogens with one attached hydrogen (secondary N) is 1. The fourth-order valence-corrected chi connectivity index (χ4v) is 1.10. The van der Waals surface area contributed by atoms with Crippen LogP contribution in [0, 0.1) is 6.92 Å². The summed E-state index contributed by atoms with van der Waals surface area (Å²) in [6, 6.07) is 3.83. The Morgan fingerprint density at radius 3 is 2.38 bits per heavy atom.